The summed E-state index contributed by atoms with van der Waals surface area (Å²) in [5.74, 6) is -0.355. The van der Waals surface area contributed by atoms with E-state index in [9.17, 15) is 23.2 Å². The van der Waals surface area contributed by atoms with E-state index < -0.39 is 24.2 Å². The largest absolute Gasteiger partial charge is 0.467 e. The summed E-state index contributed by atoms with van der Waals surface area (Å²) in [7, 11) is 0. The van der Waals surface area contributed by atoms with Crippen molar-refractivity contribution in [3.05, 3.63) is 51.9 Å². The highest BCUT2D eigenvalue weighted by Gasteiger charge is 2.47. The fourth-order valence-electron chi connectivity index (χ4n) is 3.79. The maximum atomic E-state index is 13.7. The topological polar surface area (TPSA) is 95.9 Å². The molecule has 0 radical (unpaired) electrons. The van der Waals surface area contributed by atoms with Crippen LogP contribution in [-0.2, 0) is 6.42 Å². The number of amides is 1. The third-order valence-electron chi connectivity index (χ3n) is 5.27. The summed E-state index contributed by atoms with van der Waals surface area (Å²) >= 11 is 1.26. The molecule has 2 atom stereocenters. The van der Waals surface area contributed by atoms with Crippen molar-refractivity contribution in [3.63, 3.8) is 0 Å². The van der Waals surface area contributed by atoms with Crippen LogP contribution < -0.4 is 10.6 Å². The first-order valence-electron chi connectivity index (χ1n) is 9.52. The molecule has 0 saturated heterocycles. The fraction of sp³-hybridized carbons (Fsp3) is 0.350. The van der Waals surface area contributed by atoms with Gasteiger partial charge in [-0.3, -0.25) is 4.79 Å². The summed E-state index contributed by atoms with van der Waals surface area (Å²) in [5.41, 5.74) is 1.17. The number of nitriles is 1. The quantitative estimate of drug-likeness (QED) is 0.571. The molecule has 0 spiro atoms. The number of rotatable bonds is 4. The van der Waals surface area contributed by atoms with Gasteiger partial charge in [-0.2, -0.15) is 23.5 Å². The number of aromatic nitrogens is 2. The molecule has 31 heavy (non-hydrogen) atoms. The van der Waals surface area contributed by atoms with E-state index >= 15 is 0 Å². The first-order chi connectivity index (χ1) is 14.7. The zero-order chi connectivity index (χ0) is 22.3. The minimum absolute atomic E-state index is 0.0431. The van der Waals surface area contributed by atoms with Crippen LogP contribution in [0, 0.1) is 18.3 Å². The van der Waals surface area contributed by atoms with E-state index in [4.69, 9.17) is 4.42 Å². The Morgan fingerprint density at radius 2 is 2.29 bits per heavy atom. The average Bonchev–Trinajstić information content (AvgIpc) is 3.44. The number of alkyl halides is 3. The Morgan fingerprint density at radius 3 is 2.90 bits per heavy atom. The van der Waals surface area contributed by atoms with Crippen molar-refractivity contribution in [2.24, 2.45) is 0 Å². The lowest BCUT2D eigenvalue weighted by molar-refractivity contribution is -0.174. The van der Waals surface area contributed by atoms with E-state index in [2.05, 4.69) is 21.8 Å². The number of hydrogen-bond donors (Lipinski definition) is 2. The molecular weight excluding hydrogens is 431 g/mol. The molecule has 1 amide bonds. The summed E-state index contributed by atoms with van der Waals surface area (Å²) in [6.07, 6.45) is -1.77. The highest BCUT2D eigenvalue weighted by Crippen LogP contribution is 2.44. The van der Waals surface area contributed by atoms with Crippen LogP contribution >= 0.6 is 11.3 Å². The Labute approximate surface area is 179 Å². The third-order valence-corrected chi connectivity index (χ3v) is 6.33. The number of halogens is 3. The highest BCUT2D eigenvalue weighted by atomic mass is 32.1. The Kier molecular flexibility index (Phi) is 5.26. The molecule has 162 valence electrons. The number of hydrogen-bond acceptors (Lipinski definition) is 6. The molecule has 0 aromatic carbocycles. The van der Waals surface area contributed by atoms with Crippen LogP contribution in [0.25, 0.3) is 0 Å². The molecule has 11 heteroatoms. The summed E-state index contributed by atoms with van der Waals surface area (Å²) < 4.78 is 47.2. The maximum absolute atomic E-state index is 13.7. The van der Waals surface area contributed by atoms with E-state index in [0.29, 0.717) is 22.7 Å². The van der Waals surface area contributed by atoms with E-state index in [0.717, 1.165) is 21.3 Å². The van der Waals surface area contributed by atoms with Crippen LogP contribution in [0.2, 0.25) is 0 Å². The van der Waals surface area contributed by atoms with Gasteiger partial charge in [-0.25, -0.2) is 4.68 Å². The Balaban J connectivity index is 1.70. The van der Waals surface area contributed by atoms with E-state index in [1.807, 2.05) is 13.8 Å². The summed E-state index contributed by atoms with van der Waals surface area (Å²) in [6.45, 7) is 3.76. The fourth-order valence-corrected chi connectivity index (χ4v) is 4.88. The monoisotopic (exact) mass is 449 g/mol. The second kappa shape index (κ2) is 7.77. The predicted molar refractivity (Wildman–Crippen MR) is 108 cm³/mol. The van der Waals surface area contributed by atoms with Gasteiger partial charge >= 0.3 is 6.18 Å². The minimum Gasteiger partial charge on any atom is -0.467 e. The molecule has 7 nitrogen and oxygen atoms in total. The Hall–Kier alpha value is -3.26. The van der Waals surface area contributed by atoms with Gasteiger partial charge in [0, 0.05) is 11.3 Å². The van der Waals surface area contributed by atoms with E-state index in [1.54, 1.807) is 12.1 Å². The van der Waals surface area contributed by atoms with Crippen LogP contribution in [0.5, 0.6) is 0 Å². The van der Waals surface area contributed by atoms with Crippen molar-refractivity contribution in [1.29, 1.82) is 5.26 Å². The second-order valence-corrected chi connectivity index (χ2v) is 8.34. The average molecular weight is 449 g/mol. The SMILES string of the molecule is CCc1c(C)sc(NC(=O)c2cnn3c2N[C@@H](c2ccco2)C[C@H]3C(F)(F)F)c1C#N. The van der Waals surface area contributed by atoms with Crippen LogP contribution in [0.3, 0.4) is 0 Å². The van der Waals surface area contributed by atoms with Gasteiger partial charge in [0.05, 0.1) is 24.1 Å². The third kappa shape index (κ3) is 3.67. The van der Waals surface area contributed by atoms with Gasteiger partial charge in [0.15, 0.2) is 6.04 Å². The lowest BCUT2D eigenvalue weighted by Gasteiger charge is -2.32. The minimum atomic E-state index is -4.56. The van der Waals surface area contributed by atoms with Crippen molar-refractivity contribution in [3.8, 4) is 6.07 Å². The van der Waals surface area contributed by atoms with Crippen molar-refractivity contribution in [1.82, 2.24) is 9.78 Å². The van der Waals surface area contributed by atoms with Gasteiger partial charge in [-0.15, -0.1) is 11.3 Å². The maximum Gasteiger partial charge on any atom is 0.410 e. The predicted octanol–water partition coefficient (Wildman–Crippen LogP) is 5.19. The Bertz CT molecular complexity index is 1160. The van der Waals surface area contributed by atoms with Gasteiger partial charge in [0.2, 0.25) is 0 Å². The van der Waals surface area contributed by atoms with Gasteiger partial charge in [-0.05, 0) is 31.0 Å². The van der Waals surface area contributed by atoms with Gasteiger partial charge < -0.3 is 15.1 Å². The molecule has 1 aliphatic heterocycles. The van der Waals surface area contributed by atoms with Crippen LogP contribution in [0.1, 0.15) is 57.6 Å². The molecule has 3 aromatic rings. The summed E-state index contributed by atoms with van der Waals surface area (Å²) in [4.78, 5) is 13.9. The zero-order valence-electron chi connectivity index (χ0n) is 16.6. The highest BCUT2D eigenvalue weighted by molar-refractivity contribution is 7.16. The molecule has 0 bridgehead atoms. The number of aryl methyl sites for hydroxylation is 1. The molecule has 2 N–H and O–H groups in total. The van der Waals surface area contributed by atoms with Crippen molar-refractivity contribution < 1.29 is 22.4 Å². The van der Waals surface area contributed by atoms with E-state index in [-0.39, 0.29) is 17.8 Å². The number of fused-ring (bicyclic) bond motifs is 1. The molecule has 0 saturated carbocycles. The van der Waals surface area contributed by atoms with Crippen LogP contribution in [0.4, 0.5) is 24.0 Å². The summed E-state index contributed by atoms with van der Waals surface area (Å²) in [5, 5.41) is 19.3. The van der Waals surface area contributed by atoms with Gasteiger partial charge in [0.25, 0.3) is 5.91 Å². The van der Waals surface area contributed by atoms with Crippen LogP contribution in [0.15, 0.2) is 29.0 Å². The number of anilines is 2. The standard InChI is InChI=1S/C20H18F3N5O2S/c1-3-11-10(2)31-19(12(11)8-24)27-18(29)13-9-25-28-16(20(21,22)23)7-14(26-17(13)28)15-5-4-6-30-15/h4-6,9,14,16,26H,3,7H2,1-2H3,(H,27,29)/t14-,16+/m1/s1. The molecule has 4 rings (SSSR count). The van der Waals surface area contributed by atoms with Crippen molar-refractivity contribution >= 4 is 28.1 Å². The molecular formula is C20H18F3N5O2S. The van der Waals surface area contributed by atoms with Crippen LogP contribution in [-0.4, -0.2) is 21.9 Å². The molecule has 0 aliphatic carbocycles. The molecule has 1 aliphatic rings. The molecule has 0 fully saturated rings. The first kappa shape index (κ1) is 21.0. The zero-order valence-corrected chi connectivity index (χ0v) is 17.4. The lowest BCUT2D eigenvalue weighted by atomic mass is 10.0. The number of nitrogens with zero attached hydrogens (tertiary/aromatic N) is 3. The Morgan fingerprint density at radius 1 is 1.52 bits per heavy atom. The number of furan rings is 1. The molecule has 0 unspecified atom stereocenters. The number of thiophene rings is 1. The normalized spacial score (nSPS) is 18.2. The van der Waals surface area contributed by atoms with E-state index in [1.165, 1.54) is 17.6 Å². The van der Waals surface area contributed by atoms with Gasteiger partial charge in [-0.1, -0.05) is 6.92 Å². The van der Waals surface area contributed by atoms with Crippen molar-refractivity contribution in [2.75, 3.05) is 10.6 Å². The molecule has 3 aromatic heterocycles. The lowest BCUT2D eigenvalue weighted by Crippen LogP contribution is -2.36. The van der Waals surface area contributed by atoms with Gasteiger partial charge in [0.1, 0.15) is 28.2 Å². The van der Waals surface area contributed by atoms with Crippen molar-refractivity contribution in [2.45, 2.75) is 44.9 Å². The second-order valence-electron chi connectivity index (χ2n) is 7.12. The molecule has 4 heterocycles. The number of nitrogens with one attached hydrogen (secondary N) is 2. The number of carbonyl (C=O) groups is 1. The summed E-state index contributed by atoms with van der Waals surface area (Å²) in [6, 6.07) is 2.58. The number of carbonyl (C=O) groups excluding carboxylic acids is 1. The first-order valence-corrected chi connectivity index (χ1v) is 10.3. The smallest absolute Gasteiger partial charge is 0.410 e.